The molecule has 0 fully saturated rings. The number of hydrogen-bond donors (Lipinski definition) is 0. The van der Waals surface area contributed by atoms with Gasteiger partial charge >= 0.3 is 5.69 Å². The van der Waals surface area contributed by atoms with Crippen LogP contribution < -0.4 is 5.69 Å². The van der Waals surface area contributed by atoms with Gasteiger partial charge in [0, 0.05) is 38.0 Å². The average Bonchev–Trinajstić information content (AvgIpc) is 2.85. The first-order valence-corrected chi connectivity index (χ1v) is 8.23. The molecule has 3 aromatic rings. The minimum absolute atomic E-state index is 0.214. The van der Waals surface area contributed by atoms with Crippen LogP contribution in [0, 0.1) is 11.3 Å². The van der Waals surface area contributed by atoms with E-state index in [0.717, 1.165) is 12.5 Å². The molecule has 0 aliphatic heterocycles. The molecule has 0 aliphatic rings. The molecule has 134 valence electrons. The molecule has 0 saturated carbocycles. The van der Waals surface area contributed by atoms with Crippen molar-refractivity contribution in [2.75, 3.05) is 0 Å². The van der Waals surface area contributed by atoms with E-state index in [9.17, 15) is 18.8 Å². The quantitative estimate of drug-likeness (QED) is 0.700. The maximum absolute atomic E-state index is 13.0. The highest BCUT2D eigenvalue weighted by Crippen LogP contribution is 2.26. The Morgan fingerprint density at radius 3 is 2.73 bits per heavy atom. The number of aryl methyl sites for hydroxylation is 2. The fraction of sp³-hybridized carbons (Fsp3) is 0.316. The number of pyridine rings is 1. The Hall–Kier alpha value is -3.01. The number of benzene rings is 1. The highest BCUT2D eigenvalue weighted by molar-refractivity contribution is 5.84. The highest BCUT2D eigenvalue weighted by atomic mass is 19.3. The van der Waals surface area contributed by atoms with Crippen LogP contribution in [0.15, 0.2) is 41.5 Å². The first kappa shape index (κ1) is 17.8. The number of halogens is 2. The highest BCUT2D eigenvalue weighted by Gasteiger charge is 2.21. The predicted octanol–water partition coefficient (Wildman–Crippen LogP) is 3.71. The molecule has 7 heteroatoms. The zero-order chi connectivity index (χ0) is 18.9. The molecule has 0 N–H and O–H groups in total. The number of hydrogen-bond acceptors (Lipinski definition) is 3. The van der Waals surface area contributed by atoms with E-state index in [0.29, 0.717) is 22.2 Å². The van der Waals surface area contributed by atoms with Crippen molar-refractivity contribution in [3.63, 3.8) is 0 Å². The second-order valence-corrected chi connectivity index (χ2v) is 6.40. The Morgan fingerprint density at radius 2 is 2.04 bits per heavy atom. The minimum atomic E-state index is -2.74. The lowest BCUT2D eigenvalue weighted by atomic mass is 10.0. The van der Waals surface area contributed by atoms with Crippen molar-refractivity contribution >= 4 is 11.0 Å². The zero-order valence-corrected chi connectivity index (χ0v) is 14.5. The van der Waals surface area contributed by atoms with Gasteiger partial charge in [0.1, 0.15) is 0 Å². The summed E-state index contributed by atoms with van der Waals surface area (Å²) >= 11 is 0. The van der Waals surface area contributed by atoms with E-state index in [2.05, 4.69) is 11.1 Å². The summed E-state index contributed by atoms with van der Waals surface area (Å²) in [5, 5.41) is 9.26. The van der Waals surface area contributed by atoms with Gasteiger partial charge in [0.05, 0.1) is 22.7 Å². The van der Waals surface area contributed by atoms with Gasteiger partial charge in [0.2, 0.25) is 5.92 Å². The summed E-state index contributed by atoms with van der Waals surface area (Å²) in [4.78, 5) is 16.6. The molecule has 0 unspecified atom stereocenters. The summed E-state index contributed by atoms with van der Waals surface area (Å²) in [6.07, 6.45) is 3.11. The van der Waals surface area contributed by atoms with E-state index in [1.807, 2.05) is 12.1 Å². The summed E-state index contributed by atoms with van der Waals surface area (Å²) in [6, 6.07) is 9.18. The van der Waals surface area contributed by atoms with Crippen LogP contribution in [0.2, 0.25) is 0 Å². The Labute approximate surface area is 149 Å². The van der Waals surface area contributed by atoms with E-state index in [1.54, 1.807) is 31.6 Å². The lowest BCUT2D eigenvalue weighted by Crippen LogP contribution is -2.23. The van der Waals surface area contributed by atoms with Gasteiger partial charge in [0.15, 0.2) is 0 Å². The molecule has 3 rings (SSSR count). The normalized spacial score (nSPS) is 11.7. The van der Waals surface area contributed by atoms with Crippen LogP contribution in [0.5, 0.6) is 0 Å². The Balaban J connectivity index is 2.03. The summed E-state index contributed by atoms with van der Waals surface area (Å²) in [5.41, 5.74) is 3.07. The third kappa shape index (κ3) is 3.36. The molecule has 0 radical (unpaired) electrons. The molecular weight excluding hydrogens is 338 g/mol. The molecule has 0 spiro atoms. The van der Waals surface area contributed by atoms with Crippen molar-refractivity contribution in [3.05, 3.63) is 52.7 Å². The first-order valence-electron chi connectivity index (χ1n) is 8.23. The minimum Gasteiger partial charge on any atom is -0.295 e. The van der Waals surface area contributed by atoms with E-state index in [-0.39, 0.29) is 25.1 Å². The zero-order valence-electron chi connectivity index (χ0n) is 14.5. The number of nitrogens with zero attached hydrogens (tertiary/aromatic N) is 4. The Morgan fingerprint density at radius 1 is 1.27 bits per heavy atom. The molecule has 0 atom stereocenters. The van der Waals surface area contributed by atoms with Crippen molar-refractivity contribution in [2.24, 2.45) is 7.05 Å². The third-order valence-electron chi connectivity index (χ3n) is 4.40. The summed E-state index contributed by atoms with van der Waals surface area (Å²) < 4.78 is 29.1. The molecule has 0 bridgehead atoms. The number of imidazole rings is 1. The van der Waals surface area contributed by atoms with Crippen LogP contribution in [-0.4, -0.2) is 20.0 Å². The largest absolute Gasteiger partial charge is 0.328 e. The van der Waals surface area contributed by atoms with Crippen LogP contribution >= 0.6 is 0 Å². The van der Waals surface area contributed by atoms with Gasteiger partial charge in [-0.2, -0.15) is 5.26 Å². The molecule has 2 heterocycles. The maximum Gasteiger partial charge on any atom is 0.328 e. The van der Waals surface area contributed by atoms with Crippen LogP contribution in [0.25, 0.3) is 22.2 Å². The number of fused-ring (bicyclic) bond motifs is 1. The molecule has 1 aromatic carbocycles. The van der Waals surface area contributed by atoms with Crippen LogP contribution in [0.3, 0.4) is 0 Å². The smallest absolute Gasteiger partial charge is 0.295 e. The van der Waals surface area contributed by atoms with Gasteiger partial charge < -0.3 is 0 Å². The van der Waals surface area contributed by atoms with Crippen molar-refractivity contribution in [1.29, 1.82) is 5.26 Å². The predicted molar refractivity (Wildman–Crippen MR) is 95.0 cm³/mol. The van der Waals surface area contributed by atoms with E-state index in [4.69, 9.17) is 0 Å². The summed E-state index contributed by atoms with van der Waals surface area (Å²) in [7, 11) is 1.65. The summed E-state index contributed by atoms with van der Waals surface area (Å²) in [6.45, 7) is 1.11. The molecule has 5 nitrogen and oxygen atoms in total. The van der Waals surface area contributed by atoms with Crippen LogP contribution in [0.1, 0.15) is 25.3 Å². The molecule has 2 aromatic heterocycles. The van der Waals surface area contributed by atoms with Gasteiger partial charge in [-0.3, -0.25) is 14.1 Å². The van der Waals surface area contributed by atoms with Gasteiger partial charge in [-0.25, -0.2) is 13.6 Å². The molecule has 26 heavy (non-hydrogen) atoms. The Bertz CT molecular complexity index is 1050. The monoisotopic (exact) mass is 356 g/mol. The molecule has 0 amide bonds. The van der Waals surface area contributed by atoms with Gasteiger partial charge in [-0.05, 0) is 37.1 Å². The van der Waals surface area contributed by atoms with E-state index in [1.165, 1.54) is 9.13 Å². The topological polar surface area (TPSA) is 63.6 Å². The van der Waals surface area contributed by atoms with Crippen molar-refractivity contribution < 1.29 is 8.78 Å². The van der Waals surface area contributed by atoms with Gasteiger partial charge in [-0.1, -0.05) is 6.07 Å². The second-order valence-electron chi connectivity index (χ2n) is 6.40. The average molecular weight is 356 g/mol. The van der Waals surface area contributed by atoms with E-state index < -0.39 is 5.92 Å². The SMILES string of the molecule is Cn1c(=O)n(CCCC(C)(F)F)c2ccc(-c3cnccc3C#N)cc21. The number of nitriles is 1. The van der Waals surface area contributed by atoms with Crippen molar-refractivity contribution in [1.82, 2.24) is 14.1 Å². The lowest BCUT2D eigenvalue weighted by Gasteiger charge is -2.10. The molecular formula is C19H18F2N4O. The fourth-order valence-corrected chi connectivity index (χ4v) is 3.06. The Kier molecular flexibility index (Phi) is 4.60. The standard InChI is InChI=1S/C19H18F2N4O/c1-19(20,21)7-3-9-25-16-5-4-13(10-17(16)24(2)18(25)26)15-12-23-8-6-14(15)11-22/h4-6,8,10,12H,3,7,9H2,1-2H3. The molecule has 0 aliphatic carbocycles. The fourth-order valence-electron chi connectivity index (χ4n) is 3.06. The van der Waals surface area contributed by atoms with Crippen molar-refractivity contribution in [3.8, 4) is 17.2 Å². The lowest BCUT2D eigenvalue weighted by molar-refractivity contribution is 0.00993. The summed E-state index contributed by atoms with van der Waals surface area (Å²) in [5.74, 6) is -2.74. The van der Waals surface area contributed by atoms with Crippen LogP contribution in [0.4, 0.5) is 8.78 Å². The number of rotatable bonds is 5. The number of aromatic nitrogens is 3. The van der Waals surface area contributed by atoms with Crippen molar-refractivity contribution in [2.45, 2.75) is 32.2 Å². The van der Waals surface area contributed by atoms with Crippen LogP contribution in [-0.2, 0) is 13.6 Å². The van der Waals surface area contributed by atoms with E-state index >= 15 is 0 Å². The number of alkyl halides is 2. The van der Waals surface area contributed by atoms with Gasteiger partial charge in [0.25, 0.3) is 0 Å². The second kappa shape index (κ2) is 6.71. The molecule has 0 saturated heterocycles. The maximum atomic E-state index is 13.0. The van der Waals surface area contributed by atoms with Gasteiger partial charge in [-0.15, -0.1) is 0 Å². The third-order valence-corrected chi connectivity index (χ3v) is 4.40. The first-order chi connectivity index (χ1) is 12.3.